The normalized spacial score (nSPS) is 23.3. The van der Waals surface area contributed by atoms with Gasteiger partial charge in [0, 0.05) is 25.7 Å². The van der Waals surface area contributed by atoms with Crippen molar-refractivity contribution >= 4 is 16.0 Å². The molecule has 2 fully saturated rings. The van der Waals surface area contributed by atoms with E-state index in [0.29, 0.717) is 25.6 Å². The van der Waals surface area contributed by atoms with E-state index in [1.165, 1.54) is 0 Å². The number of nitrogens with zero attached hydrogens (tertiary/aromatic N) is 2. The number of sulfonamides is 1. The lowest BCUT2D eigenvalue weighted by molar-refractivity contribution is -0.0236. The van der Waals surface area contributed by atoms with E-state index in [1.807, 2.05) is 6.92 Å². The highest BCUT2D eigenvalue weighted by Crippen LogP contribution is 2.31. The molecule has 2 rings (SSSR count). The average Bonchev–Trinajstić information content (AvgIpc) is 2.51. The molecule has 1 saturated carbocycles. The van der Waals surface area contributed by atoms with E-state index < -0.39 is 15.6 Å². The van der Waals surface area contributed by atoms with E-state index in [9.17, 15) is 13.5 Å². The highest BCUT2D eigenvalue weighted by Gasteiger charge is 2.34. The van der Waals surface area contributed by atoms with E-state index in [4.69, 9.17) is 0 Å². The van der Waals surface area contributed by atoms with E-state index in [1.54, 1.807) is 11.2 Å². The summed E-state index contributed by atoms with van der Waals surface area (Å²) >= 11 is 0. The lowest BCUT2D eigenvalue weighted by atomic mass is 9.80. The molecule has 0 radical (unpaired) electrons. The standard InChI is InChI=1S/C15H30N4O3S/c1-3-16-14(17-12-15(20)8-5-9-15)18-13-6-10-19(11-7-13)23(21,22)4-2/h13,20H,3-12H2,1-2H3,(H2,16,17,18). The Labute approximate surface area is 139 Å². The Hall–Kier alpha value is -0.860. The Bertz CT molecular complexity index is 509. The summed E-state index contributed by atoms with van der Waals surface area (Å²) in [7, 11) is -3.08. The maximum Gasteiger partial charge on any atom is 0.213 e. The Morgan fingerprint density at radius 3 is 2.43 bits per heavy atom. The second kappa shape index (κ2) is 7.81. The molecule has 1 heterocycles. The molecular weight excluding hydrogens is 316 g/mol. The van der Waals surface area contributed by atoms with Crippen LogP contribution in [0.5, 0.6) is 0 Å². The van der Waals surface area contributed by atoms with Crippen molar-refractivity contribution in [2.45, 2.75) is 57.6 Å². The molecule has 0 spiro atoms. The minimum Gasteiger partial charge on any atom is -0.388 e. The second-order valence-electron chi connectivity index (χ2n) is 6.49. The third-order valence-corrected chi connectivity index (χ3v) is 6.59. The van der Waals surface area contributed by atoms with Crippen molar-refractivity contribution < 1.29 is 13.5 Å². The van der Waals surface area contributed by atoms with Gasteiger partial charge in [0.1, 0.15) is 0 Å². The first kappa shape index (κ1) is 18.5. The van der Waals surface area contributed by atoms with Crippen molar-refractivity contribution in [1.29, 1.82) is 0 Å². The molecule has 7 nitrogen and oxygen atoms in total. The Morgan fingerprint density at radius 2 is 1.96 bits per heavy atom. The van der Waals surface area contributed by atoms with Crippen LogP contribution in [0.2, 0.25) is 0 Å². The molecule has 0 atom stereocenters. The number of hydrogen-bond donors (Lipinski definition) is 3. The molecule has 134 valence electrons. The number of guanidine groups is 1. The van der Waals surface area contributed by atoms with Crippen LogP contribution in [0.15, 0.2) is 4.99 Å². The molecule has 1 aliphatic heterocycles. The number of aliphatic hydroxyl groups is 1. The van der Waals surface area contributed by atoms with Crippen LogP contribution in [0.3, 0.4) is 0 Å². The van der Waals surface area contributed by atoms with Crippen LogP contribution in [0.1, 0.15) is 46.0 Å². The van der Waals surface area contributed by atoms with Crippen molar-refractivity contribution in [1.82, 2.24) is 14.9 Å². The zero-order valence-corrected chi connectivity index (χ0v) is 15.0. The zero-order chi connectivity index (χ0) is 16.9. The molecule has 0 unspecified atom stereocenters. The van der Waals surface area contributed by atoms with Gasteiger partial charge in [0.15, 0.2) is 5.96 Å². The number of nitrogens with one attached hydrogen (secondary N) is 2. The molecule has 1 saturated heterocycles. The number of rotatable bonds is 6. The van der Waals surface area contributed by atoms with Gasteiger partial charge < -0.3 is 15.7 Å². The Morgan fingerprint density at radius 1 is 1.30 bits per heavy atom. The predicted octanol–water partition coefficient (Wildman–Crippen LogP) is 0.271. The van der Waals surface area contributed by atoms with E-state index in [2.05, 4.69) is 15.6 Å². The van der Waals surface area contributed by atoms with Crippen LogP contribution in [0.25, 0.3) is 0 Å². The number of piperidine rings is 1. The lowest BCUT2D eigenvalue weighted by Crippen LogP contribution is -2.50. The van der Waals surface area contributed by atoms with Gasteiger partial charge in [0.2, 0.25) is 10.0 Å². The molecule has 0 aromatic heterocycles. The minimum absolute atomic E-state index is 0.160. The molecule has 0 amide bonds. The first-order valence-electron chi connectivity index (χ1n) is 8.63. The smallest absolute Gasteiger partial charge is 0.213 e. The van der Waals surface area contributed by atoms with Gasteiger partial charge in [-0.3, -0.25) is 4.99 Å². The van der Waals surface area contributed by atoms with E-state index in [0.717, 1.165) is 38.6 Å². The van der Waals surface area contributed by atoms with E-state index in [-0.39, 0.29) is 11.8 Å². The minimum atomic E-state index is -3.08. The quantitative estimate of drug-likeness (QED) is 0.474. The Kier molecular flexibility index (Phi) is 6.27. The fraction of sp³-hybridized carbons (Fsp3) is 0.933. The van der Waals surface area contributed by atoms with Gasteiger partial charge in [-0.2, -0.15) is 0 Å². The fourth-order valence-corrected chi connectivity index (χ4v) is 4.08. The summed E-state index contributed by atoms with van der Waals surface area (Å²) in [6.07, 6.45) is 4.26. The monoisotopic (exact) mass is 346 g/mol. The maximum atomic E-state index is 11.9. The third-order valence-electron chi connectivity index (χ3n) is 4.71. The maximum absolute atomic E-state index is 11.9. The number of aliphatic imine (C=N–C) groups is 1. The van der Waals surface area contributed by atoms with E-state index >= 15 is 0 Å². The molecule has 0 aromatic carbocycles. The van der Waals surface area contributed by atoms with Crippen LogP contribution in [0.4, 0.5) is 0 Å². The first-order valence-corrected chi connectivity index (χ1v) is 10.2. The summed E-state index contributed by atoms with van der Waals surface area (Å²) < 4.78 is 25.3. The summed E-state index contributed by atoms with van der Waals surface area (Å²) in [6, 6.07) is 0.215. The first-order chi connectivity index (χ1) is 10.9. The zero-order valence-electron chi connectivity index (χ0n) is 14.2. The molecule has 8 heteroatoms. The van der Waals surface area contributed by atoms with Gasteiger partial charge in [-0.15, -0.1) is 0 Å². The largest absolute Gasteiger partial charge is 0.388 e. The summed E-state index contributed by atoms with van der Waals surface area (Å²) in [5.41, 5.74) is -0.624. The topological polar surface area (TPSA) is 94.0 Å². The summed E-state index contributed by atoms with van der Waals surface area (Å²) in [5.74, 6) is 0.873. The van der Waals surface area contributed by atoms with Crippen LogP contribution >= 0.6 is 0 Å². The highest BCUT2D eigenvalue weighted by molar-refractivity contribution is 7.89. The van der Waals surface area contributed by atoms with Crippen molar-refractivity contribution in [3.63, 3.8) is 0 Å². The SMILES string of the molecule is CCNC(=NCC1(O)CCC1)NC1CCN(S(=O)(=O)CC)CC1. The molecule has 3 N–H and O–H groups in total. The Balaban J connectivity index is 1.85. The van der Waals surface area contributed by atoms with Crippen LogP contribution < -0.4 is 10.6 Å². The third kappa shape index (κ3) is 5.06. The highest BCUT2D eigenvalue weighted by atomic mass is 32.2. The predicted molar refractivity (Wildman–Crippen MR) is 92.0 cm³/mol. The molecule has 2 aliphatic rings. The van der Waals surface area contributed by atoms with Gasteiger partial charge in [0.25, 0.3) is 0 Å². The van der Waals surface area contributed by atoms with Gasteiger partial charge >= 0.3 is 0 Å². The van der Waals surface area contributed by atoms with Crippen LogP contribution in [0, 0.1) is 0 Å². The molecular formula is C15H30N4O3S. The van der Waals surface area contributed by atoms with Crippen molar-refractivity contribution in [2.75, 3.05) is 31.9 Å². The summed E-state index contributed by atoms with van der Waals surface area (Å²) in [4.78, 5) is 4.50. The molecule has 23 heavy (non-hydrogen) atoms. The summed E-state index contributed by atoms with van der Waals surface area (Å²) in [5, 5.41) is 16.7. The molecule has 0 aromatic rings. The van der Waals surface area contributed by atoms with Crippen molar-refractivity contribution in [3.05, 3.63) is 0 Å². The van der Waals surface area contributed by atoms with Gasteiger partial charge in [-0.25, -0.2) is 12.7 Å². The second-order valence-corrected chi connectivity index (χ2v) is 8.75. The van der Waals surface area contributed by atoms with Crippen molar-refractivity contribution in [3.8, 4) is 0 Å². The lowest BCUT2D eigenvalue weighted by Gasteiger charge is -2.35. The molecule has 0 bridgehead atoms. The summed E-state index contributed by atoms with van der Waals surface area (Å²) in [6.45, 7) is 5.97. The number of hydrogen-bond acceptors (Lipinski definition) is 4. The van der Waals surface area contributed by atoms with Crippen LogP contribution in [-0.2, 0) is 10.0 Å². The van der Waals surface area contributed by atoms with Gasteiger partial charge in [-0.1, -0.05) is 0 Å². The van der Waals surface area contributed by atoms with Crippen LogP contribution in [-0.4, -0.2) is 67.4 Å². The van der Waals surface area contributed by atoms with Gasteiger partial charge in [-0.05, 0) is 46.0 Å². The average molecular weight is 346 g/mol. The van der Waals surface area contributed by atoms with Gasteiger partial charge in [0.05, 0.1) is 17.9 Å². The molecule has 1 aliphatic carbocycles. The fourth-order valence-electron chi connectivity index (χ4n) is 2.94. The van der Waals surface area contributed by atoms with Crippen molar-refractivity contribution in [2.24, 2.45) is 4.99 Å².